The molecular formula is C55H106O6. The maximum Gasteiger partial charge on any atom is 0.306 e. The van der Waals surface area contributed by atoms with E-state index in [0.717, 1.165) is 69.6 Å². The minimum Gasteiger partial charge on any atom is -0.462 e. The second-order valence-corrected chi connectivity index (χ2v) is 19.8. The Morgan fingerprint density at radius 2 is 0.541 bits per heavy atom. The van der Waals surface area contributed by atoms with Crippen molar-refractivity contribution < 1.29 is 28.6 Å². The van der Waals surface area contributed by atoms with E-state index in [2.05, 4.69) is 34.6 Å². The van der Waals surface area contributed by atoms with Gasteiger partial charge in [0, 0.05) is 19.3 Å². The average Bonchev–Trinajstić information content (AvgIpc) is 3.23. The zero-order valence-corrected chi connectivity index (χ0v) is 41.8. The number of hydrogen-bond donors (Lipinski definition) is 0. The lowest BCUT2D eigenvalue weighted by Crippen LogP contribution is -2.30. The van der Waals surface area contributed by atoms with Crippen LogP contribution in [0.25, 0.3) is 0 Å². The summed E-state index contributed by atoms with van der Waals surface area (Å²) in [5.41, 5.74) is 0. The SMILES string of the molecule is CCCCCCCCCC(=O)OC[C@@H](COC(=O)CCCCCCCCCCCCCCCCC(C)C)OC(=O)CCCCCCCCCCCCCCCCCCC(C)C. The quantitative estimate of drug-likeness (QED) is 0.0344. The summed E-state index contributed by atoms with van der Waals surface area (Å²) in [6.45, 7) is 11.4. The van der Waals surface area contributed by atoms with Crippen LogP contribution in [0.2, 0.25) is 0 Å². The van der Waals surface area contributed by atoms with Crippen molar-refractivity contribution in [3.8, 4) is 0 Å². The molecule has 6 heteroatoms. The Hall–Kier alpha value is -1.59. The average molecular weight is 863 g/mol. The maximum absolute atomic E-state index is 12.8. The van der Waals surface area contributed by atoms with E-state index in [1.54, 1.807) is 0 Å². The molecule has 0 N–H and O–H groups in total. The van der Waals surface area contributed by atoms with Crippen LogP contribution in [0.4, 0.5) is 0 Å². The summed E-state index contributed by atoms with van der Waals surface area (Å²) in [5.74, 6) is 0.846. The van der Waals surface area contributed by atoms with E-state index in [4.69, 9.17) is 14.2 Å². The Kier molecular flexibility index (Phi) is 46.6. The monoisotopic (exact) mass is 863 g/mol. The zero-order chi connectivity index (χ0) is 44.7. The van der Waals surface area contributed by atoms with Crippen LogP contribution < -0.4 is 0 Å². The molecule has 6 nitrogen and oxygen atoms in total. The summed E-state index contributed by atoms with van der Waals surface area (Å²) in [6, 6.07) is 0. The largest absolute Gasteiger partial charge is 0.462 e. The molecule has 0 radical (unpaired) electrons. The zero-order valence-electron chi connectivity index (χ0n) is 41.8. The normalized spacial score (nSPS) is 12.0. The number of hydrogen-bond acceptors (Lipinski definition) is 6. The first-order chi connectivity index (χ1) is 29.7. The summed E-state index contributed by atoms with van der Waals surface area (Å²) in [6.07, 6.45) is 49.6. The van der Waals surface area contributed by atoms with Gasteiger partial charge in [0.05, 0.1) is 0 Å². The van der Waals surface area contributed by atoms with Crippen LogP contribution in [0, 0.1) is 11.8 Å². The molecule has 0 aliphatic rings. The van der Waals surface area contributed by atoms with Crippen LogP contribution in [0.3, 0.4) is 0 Å². The Morgan fingerprint density at radius 3 is 0.803 bits per heavy atom. The molecule has 0 heterocycles. The third-order valence-electron chi connectivity index (χ3n) is 12.5. The van der Waals surface area contributed by atoms with Gasteiger partial charge in [0.15, 0.2) is 6.10 Å². The molecule has 0 aliphatic carbocycles. The fourth-order valence-electron chi connectivity index (χ4n) is 8.34. The number of carbonyl (C=O) groups excluding carboxylic acids is 3. The molecule has 0 aromatic heterocycles. The molecule has 0 saturated heterocycles. The molecule has 0 rings (SSSR count). The maximum atomic E-state index is 12.8. The summed E-state index contributed by atoms with van der Waals surface area (Å²) in [7, 11) is 0. The van der Waals surface area contributed by atoms with Crippen LogP contribution in [0.1, 0.15) is 304 Å². The molecule has 0 saturated carbocycles. The molecule has 0 aromatic rings. The minimum atomic E-state index is -0.760. The molecule has 0 aliphatic heterocycles. The molecule has 0 bridgehead atoms. The highest BCUT2D eigenvalue weighted by molar-refractivity contribution is 5.71. The lowest BCUT2D eigenvalue weighted by molar-refractivity contribution is -0.167. The first-order valence-corrected chi connectivity index (χ1v) is 27.2. The third-order valence-corrected chi connectivity index (χ3v) is 12.5. The van der Waals surface area contributed by atoms with Crippen molar-refractivity contribution in [2.24, 2.45) is 11.8 Å². The Morgan fingerprint density at radius 1 is 0.311 bits per heavy atom. The van der Waals surface area contributed by atoms with Gasteiger partial charge in [-0.2, -0.15) is 0 Å². The van der Waals surface area contributed by atoms with Gasteiger partial charge in [0.1, 0.15) is 13.2 Å². The number of unbranched alkanes of at least 4 members (excludes halogenated alkanes) is 34. The highest BCUT2D eigenvalue weighted by Crippen LogP contribution is 2.18. The van der Waals surface area contributed by atoms with Crippen molar-refractivity contribution in [3.05, 3.63) is 0 Å². The topological polar surface area (TPSA) is 78.9 Å². The van der Waals surface area contributed by atoms with E-state index in [-0.39, 0.29) is 31.1 Å². The fraction of sp³-hybridized carbons (Fsp3) is 0.945. The van der Waals surface area contributed by atoms with Crippen LogP contribution in [-0.2, 0) is 28.6 Å². The van der Waals surface area contributed by atoms with Crippen LogP contribution in [0.15, 0.2) is 0 Å². The summed E-state index contributed by atoms with van der Waals surface area (Å²) in [4.78, 5) is 37.9. The highest BCUT2D eigenvalue weighted by atomic mass is 16.6. The van der Waals surface area contributed by atoms with E-state index in [9.17, 15) is 14.4 Å². The summed E-state index contributed by atoms with van der Waals surface area (Å²) >= 11 is 0. The summed E-state index contributed by atoms with van der Waals surface area (Å²) in [5, 5.41) is 0. The molecule has 0 spiro atoms. The Labute approximate surface area is 380 Å². The molecule has 0 unspecified atom stereocenters. The smallest absolute Gasteiger partial charge is 0.306 e. The highest BCUT2D eigenvalue weighted by Gasteiger charge is 2.19. The van der Waals surface area contributed by atoms with Crippen molar-refractivity contribution in [1.29, 1.82) is 0 Å². The minimum absolute atomic E-state index is 0.0635. The molecular weight excluding hydrogens is 757 g/mol. The van der Waals surface area contributed by atoms with Crippen molar-refractivity contribution in [3.63, 3.8) is 0 Å². The molecule has 61 heavy (non-hydrogen) atoms. The van der Waals surface area contributed by atoms with Gasteiger partial charge in [-0.25, -0.2) is 0 Å². The van der Waals surface area contributed by atoms with Gasteiger partial charge in [0.25, 0.3) is 0 Å². The van der Waals surface area contributed by atoms with Gasteiger partial charge in [-0.05, 0) is 31.1 Å². The Balaban J connectivity index is 4.16. The second kappa shape index (κ2) is 47.9. The van der Waals surface area contributed by atoms with Crippen molar-refractivity contribution in [1.82, 2.24) is 0 Å². The lowest BCUT2D eigenvalue weighted by atomic mass is 10.0. The fourth-order valence-corrected chi connectivity index (χ4v) is 8.34. The van der Waals surface area contributed by atoms with E-state index in [1.165, 1.54) is 193 Å². The first-order valence-electron chi connectivity index (χ1n) is 27.2. The number of rotatable bonds is 49. The number of ether oxygens (including phenoxy) is 3. The van der Waals surface area contributed by atoms with E-state index in [1.807, 2.05) is 0 Å². The van der Waals surface area contributed by atoms with Crippen molar-refractivity contribution >= 4 is 17.9 Å². The Bertz CT molecular complexity index is 931. The summed E-state index contributed by atoms with van der Waals surface area (Å²) < 4.78 is 16.8. The van der Waals surface area contributed by atoms with E-state index >= 15 is 0 Å². The van der Waals surface area contributed by atoms with Crippen LogP contribution >= 0.6 is 0 Å². The molecule has 0 aromatic carbocycles. The van der Waals surface area contributed by atoms with Crippen LogP contribution in [0.5, 0.6) is 0 Å². The standard InChI is InChI=1S/C55H106O6/c1-6-7-8-9-28-35-40-45-53(56)59-48-52(49-60-54(57)46-41-36-31-26-22-18-15-14-17-21-25-30-34-39-44-51(4)5)61-55(58)47-42-37-32-27-23-19-13-11-10-12-16-20-24-29-33-38-43-50(2)3/h50-52H,6-49H2,1-5H3/t52-/m0/s1. The molecule has 362 valence electrons. The van der Waals surface area contributed by atoms with Crippen LogP contribution in [-0.4, -0.2) is 37.2 Å². The van der Waals surface area contributed by atoms with E-state index < -0.39 is 6.10 Å². The van der Waals surface area contributed by atoms with Gasteiger partial charge in [-0.1, -0.05) is 266 Å². The third kappa shape index (κ3) is 49.3. The van der Waals surface area contributed by atoms with Crippen molar-refractivity contribution in [2.45, 2.75) is 310 Å². The number of esters is 3. The second-order valence-electron chi connectivity index (χ2n) is 19.8. The van der Waals surface area contributed by atoms with E-state index in [0.29, 0.717) is 19.3 Å². The lowest BCUT2D eigenvalue weighted by Gasteiger charge is -2.18. The predicted molar refractivity (Wildman–Crippen MR) is 261 cm³/mol. The van der Waals surface area contributed by atoms with Gasteiger partial charge >= 0.3 is 17.9 Å². The predicted octanol–water partition coefficient (Wildman–Crippen LogP) is 17.7. The van der Waals surface area contributed by atoms with Crippen molar-refractivity contribution in [2.75, 3.05) is 13.2 Å². The first kappa shape index (κ1) is 59.4. The van der Waals surface area contributed by atoms with Gasteiger partial charge < -0.3 is 14.2 Å². The molecule has 1 atom stereocenters. The van der Waals surface area contributed by atoms with Gasteiger partial charge in [0.2, 0.25) is 0 Å². The molecule has 0 fully saturated rings. The van der Waals surface area contributed by atoms with Gasteiger partial charge in [-0.15, -0.1) is 0 Å². The number of carbonyl (C=O) groups is 3. The molecule has 0 amide bonds. The van der Waals surface area contributed by atoms with Gasteiger partial charge in [-0.3, -0.25) is 14.4 Å².